The van der Waals surface area contributed by atoms with E-state index in [1.807, 2.05) is 26.1 Å². The van der Waals surface area contributed by atoms with Crippen molar-refractivity contribution in [3.63, 3.8) is 0 Å². The van der Waals surface area contributed by atoms with Crippen molar-refractivity contribution in [1.29, 1.82) is 0 Å². The minimum atomic E-state index is -0.138. The molecule has 0 aliphatic heterocycles. The number of amides is 1. The molecule has 6 nitrogen and oxygen atoms in total. The van der Waals surface area contributed by atoms with Gasteiger partial charge < -0.3 is 10.0 Å². The number of aliphatic hydroxyl groups is 1. The fourth-order valence-corrected chi connectivity index (χ4v) is 3.36. The van der Waals surface area contributed by atoms with Gasteiger partial charge in [-0.15, -0.1) is 11.3 Å². The van der Waals surface area contributed by atoms with E-state index >= 15 is 0 Å². The summed E-state index contributed by atoms with van der Waals surface area (Å²) >= 11 is 1.66. The number of thiophene rings is 1. The van der Waals surface area contributed by atoms with E-state index in [4.69, 9.17) is 0 Å². The summed E-state index contributed by atoms with van der Waals surface area (Å²) in [5, 5.41) is 13.4. The molecule has 0 radical (unpaired) electrons. The first-order valence-electron chi connectivity index (χ1n) is 7.31. The maximum absolute atomic E-state index is 12.8. The SMILES string of the molecule is Cc1ccc(CN(CCO)C(=O)c2cnc3cnn(C)c3c2)s1. The van der Waals surface area contributed by atoms with Crippen LogP contribution in [-0.2, 0) is 13.6 Å². The number of aryl methyl sites for hydroxylation is 2. The number of hydrogen-bond acceptors (Lipinski definition) is 5. The molecular weight excluding hydrogens is 312 g/mol. The lowest BCUT2D eigenvalue weighted by molar-refractivity contribution is 0.0709. The number of fused-ring (bicyclic) bond motifs is 1. The third-order valence-corrected chi connectivity index (χ3v) is 4.63. The Morgan fingerprint density at radius 3 is 2.91 bits per heavy atom. The summed E-state index contributed by atoms with van der Waals surface area (Å²) in [6, 6.07) is 5.84. The number of aromatic nitrogens is 3. The third-order valence-electron chi connectivity index (χ3n) is 3.65. The molecule has 0 aliphatic carbocycles. The molecule has 0 bridgehead atoms. The van der Waals surface area contributed by atoms with Crippen molar-refractivity contribution >= 4 is 28.3 Å². The number of hydrogen-bond donors (Lipinski definition) is 1. The second-order valence-electron chi connectivity index (χ2n) is 5.36. The topological polar surface area (TPSA) is 71.2 Å². The zero-order chi connectivity index (χ0) is 16.4. The lowest BCUT2D eigenvalue weighted by Gasteiger charge is -2.21. The number of pyridine rings is 1. The molecule has 23 heavy (non-hydrogen) atoms. The standard InChI is InChI=1S/C16H18N4O2S/c1-11-3-4-13(23-11)10-20(5-6-21)16(22)12-7-15-14(17-8-12)9-18-19(15)2/h3-4,7-9,21H,5-6,10H2,1-2H3. The molecule has 3 aromatic rings. The van der Waals surface area contributed by atoms with Crippen molar-refractivity contribution in [2.24, 2.45) is 7.05 Å². The fourth-order valence-electron chi connectivity index (χ4n) is 2.46. The molecule has 0 spiro atoms. The first-order chi connectivity index (χ1) is 11.1. The normalized spacial score (nSPS) is 11.1. The summed E-state index contributed by atoms with van der Waals surface area (Å²) in [4.78, 5) is 21.0. The fraction of sp³-hybridized carbons (Fsp3) is 0.312. The maximum Gasteiger partial charge on any atom is 0.255 e. The monoisotopic (exact) mass is 330 g/mol. The highest BCUT2D eigenvalue weighted by atomic mass is 32.1. The zero-order valence-corrected chi connectivity index (χ0v) is 13.9. The van der Waals surface area contributed by atoms with Gasteiger partial charge in [0.05, 0.1) is 30.4 Å². The van der Waals surface area contributed by atoms with Crippen molar-refractivity contribution in [2.45, 2.75) is 13.5 Å². The molecule has 0 aliphatic rings. The van der Waals surface area contributed by atoms with Crippen LogP contribution in [0.1, 0.15) is 20.1 Å². The molecule has 0 saturated heterocycles. The van der Waals surface area contributed by atoms with Crippen LogP contribution in [0.25, 0.3) is 11.0 Å². The molecule has 0 fully saturated rings. The molecule has 7 heteroatoms. The van der Waals surface area contributed by atoms with Crippen LogP contribution in [0, 0.1) is 6.92 Å². The highest BCUT2D eigenvalue weighted by molar-refractivity contribution is 7.11. The summed E-state index contributed by atoms with van der Waals surface area (Å²) in [6.07, 6.45) is 3.24. The molecule has 1 N–H and O–H groups in total. The van der Waals surface area contributed by atoms with E-state index in [9.17, 15) is 9.90 Å². The molecule has 1 amide bonds. The van der Waals surface area contributed by atoms with Gasteiger partial charge in [0.2, 0.25) is 0 Å². The van der Waals surface area contributed by atoms with Crippen molar-refractivity contribution in [2.75, 3.05) is 13.2 Å². The Morgan fingerprint density at radius 2 is 2.22 bits per heavy atom. The van der Waals surface area contributed by atoms with Crippen LogP contribution >= 0.6 is 11.3 Å². The van der Waals surface area contributed by atoms with Crippen LogP contribution in [-0.4, -0.2) is 43.8 Å². The predicted octanol–water partition coefficient (Wildman–Crippen LogP) is 1.97. The third kappa shape index (κ3) is 3.25. The molecule has 0 unspecified atom stereocenters. The van der Waals surface area contributed by atoms with E-state index in [1.54, 1.807) is 39.4 Å². The predicted molar refractivity (Wildman–Crippen MR) is 89.4 cm³/mol. The number of carbonyl (C=O) groups is 1. The number of aliphatic hydroxyl groups excluding tert-OH is 1. The van der Waals surface area contributed by atoms with Crippen LogP contribution in [0.4, 0.5) is 0 Å². The summed E-state index contributed by atoms with van der Waals surface area (Å²) < 4.78 is 1.69. The Bertz CT molecular complexity index is 840. The van der Waals surface area contributed by atoms with Crippen molar-refractivity contribution < 1.29 is 9.90 Å². The van der Waals surface area contributed by atoms with Gasteiger partial charge in [0.1, 0.15) is 5.52 Å². The van der Waals surface area contributed by atoms with E-state index in [0.717, 1.165) is 15.9 Å². The van der Waals surface area contributed by atoms with Gasteiger partial charge in [0.25, 0.3) is 5.91 Å². The van der Waals surface area contributed by atoms with E-state index in [1.165, 1.54) is 4.88 Å². The van der Waals surface area contributed by atoms with Gasteiger partial charge in [0.15, 0.2) is 0 Å². The Hall–Kier alpha value is -2.25. The Labute approximate surface area is 138 Å². The second kappa shape index (κ2) is 6.47. The highest BCUT2D eigenvalue weighted by Gasteiger charge is 2.18. The Kier molecular flexibility index (Phi) is 4.40. The quantitative estimate of drug-likeness (QED) is 0.776. The Morgan fingerprint density at radius 1 is 1.39 bits per heavy atom. The van der Waals surface area contributed by atoms with E-state index in [0.29, 0.717) is 18.7 Å². The second-order valence-corrected chi connectivity index (χ2v) is 6.73. The molecular formula is C16H18N4O2S. The minimum absolute atomic E-state index is 0.0719. The van der Waals surface area contributed by atoms with Crippen molar-refractivity contribution in [3.8, 4) is 0 Å². The minimum Gasteiger partial charge on any atom is -0.395 e. The number of rotatable bonds is 5. The van der Waals surface area contributed by atoms with E-state index < -0.39 is 0 Å². The lowest BCUT2D eigenvalue weighted by atomic mass is 10.2. The van der Waals surface area contributed by atoms with Crippen LogP contribution in [0.5, 0.6) is 0 Å². The van der Waals surface area contributed by atoms with Gasteiger partial charge in [-0.2, -0.15) is 5.10 Å². The molecule has 3 aromatic heterocycles. The smallest absolute Gasteiger partial charge is 0.255 e. The van der Waals surface area contributed by atoms with Gasteiger partial charge in [0, 0.05) is 29.5 Å². The van der Waals surface area contributed by atoms with E-state index in [2.05, 4.69) is 10.1 Å². The summed E-state index contributed by atoms with van der Waals surface area (Å²) in [6.45, 7) is 2.74. The van der Waals surface area contributed by atoms with Crippen molar-refractivity contribution in [1.82, 2.24) is 19.7 Å². The summed E-state index contributed by atoms with van der Waals surface area (Å²) in [7, 11) is 1.82. The first kappa shape index (κ1) is 15.6. The average molecular weight is 330 g/mol. The summed E-state index contributed by atoms with van der Waals surface area (Å²) in [5.41, 5.74) is 2.07. The number of carbonyl (C=O) groups excluding carboxylic acids is 1. The molecule has 0 atom stereocenters. The molecule has 0 aromatic carbocycles. The molecule has 3 rings (SSSR count). The van der Waals surface area contributed by atoms with Crippen LogP contribution in [0.2, 0.25) is 0 Å². The van der Waals surface area contributed by atoms with E-state index in [-0.39, 0.29) is 12.5 Å². The largest absolute Gasteiger partial charge is 0.395 e. The van der Waals surface area contributed by atoms with Crippen LogP contribution < -0.4 is 0 Å². The van der Waals surface area contributed by atoms with Gasteiger partial charge >= 0.3 is 0 Å². The van der Waals surface area contributed by atoms with Gasteiger partial charge in [-0.25, -0.2) is 0 Å². The summed E-state index contributed by atoms with van der Waals surface area (Å²) in [5.74, 6) is -0.138. The van der Waals surface area contributed by atoms with Gasteiger partial charge in [-0.05, 0) is 25.1 Å². The molecule has 0 saturated carbocycles. The highest BCUT2D eigenvalue weighted by Crippen LogP contribution is 2.19. The Balaban J connectivity index is 1.87. The lowest BCUT2D eigenvalue weighted by Crippen LogP contribution is -2.32. The molecule has 3 heterocycles. The average Bonchev–Trinajstić information content (AvgIpc) is 3.12. The maximum atomic E-state index is 12.8. The van der Waals surface area contributed by atoms with Gasteiger partial charge in [-0.3, -0.25) is 14.5 Å². The van der Waals surface area contributed by atoms with Crippen LogP contribution in [0.15, 0.2) is 30.6 Å². The first-order valence-corrected chi connectivity index (χ1v) is 8.13. The van der Waals surface area contributed by atoms with Crippen molar-refractivity contribution in [3.05, 3.63) is 45.9 Å². The number of nitrogens with zero attached hydrogens (tertiary/aromatic N) is 4. The molecule has 120 valence electrons. The van der Waals surface area contributed by atoms with Gasteiger partial charge in [-0.1, -0.05) is 0 Å². The van der Waals surface area contributed by atoms with Crippen LogP contribution in [0.3, 0.4) is 0 Å². The zero-order valence-electron chi connectivity index (χ0n) is 13.1.